The summed E-state index contributed by atoms with van der Waals surface area (Å²) in [7, 11) is 1.61. The van der Waals surface area contributed by atoms with Crippen molar-refractivity contribution in [2.75, 3.05) is 50.2 Å². The highest BCUT2D eigenvalue weighted by molar-refractivity contribution is 7.99. The quantitative estimate of drug-likeness (QED) is 0.700. The molecule has 0 unspecified atom stereocenters. The molecule has 0 saturated carbocycles. The van der Waals surface area contributed by atoms with Gasteiger partial charge >= 0.3 is 6.03 Å². The highest BCUT2D eigenvalue weighted by Crippen LogP contribution is 2.15. The lowest BCUT2D eigenvalue weighted by Crippen LogP contribution is -2.38. The van der Waals surface area contributed by atoms with Crippen LogP contribution in [0.15, 0.2) is 48.8 Å². The number of thioether (sulfide) groups is 1. The van der Waals surface area contributed by atoms with Crippen LogP contribution in [0.2, 0.25) is 0 Å². The fourth-order valence-corrected chi connectivity index (χ4v) is 4.08. The van der Waals surface area contributed by atoms with Gasteiger partial charge < -0.3 is 19.9 Å². The van der Waals surface area contributed by atoms with Gasteiger partial charge in [0, 0.05) is 62.9 Å². The van der Waals surface area contributed by atoms with E-state index in [1.165, 1.54) is 0 Å². The maximum atomic E-state index is 12.8. The predicted molar refractivity (Wildman–Crippen MR) is 120 cm³/mol. The van der Waals surface area contributed by atoms with E-state index >= 15 is 0 Å². The third-order valence-electron chi connectivity index (χ3n) is 4.87. The number of benzene rings is 1. The number of ether oxygens (including phenoxy) is 1. The number of carbonyl (C=O) groups is 2. The number of carbonyl (C=O) groups excluding carboxylic acids is 2. The summed E-state index contributed by atoms with van der Waals surface area (Å²) in [5.41, 5.74) is 2.59. The van der Waals surface area contributed by atoms with E-state index in [0.717, 1.165) is 35.7 Å². The van der Waals surface area contributed by atoms with Crippen molar-refractivity contribution in [3.8, 4) is 0 Å². The molecule has 0 spiro atoms. The Morgan fingerprint density at radius 1 is 1.17 bits per heavy atom. The van der Waals surface area contributed by atoms with Crippen LogP contribution in [0, 0.1) is 0 Å². The average molecular weight is 429 g/mol. The van der Waals surface area contributed by atoms with Crippen LogP contribution in [0.3, 0.4) is 0 Å². The van der Waals surface area contributed by atoms with Crippen molar-refractivity contribution in [3.63, 3.8) is 0 Å². The maximum Gasteiger partial charge on any atom is 0.322 e. The van der Waals surface area contributed by atoms with Gasteiger partial charge in [-0.05, 0) is 29.3 Å². The number of nitrogens with one attached hydrogen (secondary N) is 1. The summed E-state index contributed by atoms with van der Waals surface area (Å²) < 4.78 is 5.14. The first-order valence-corrected chi connectivity index (χ1v) is 11.2. The maximum absolute atomic E-state index is 12.8. The summed E-state index contributed by atoms with van der Waals surface area (Å²) in [4.78, 5) is 32.9. The summed E-state index contributed by atoms with van der Waals surface area (Å²) in [5.74, 6) is 2.18. The zero-order valence-corrected chi connectivity index (χ0v) is 18.1. The molecule has 1 aliphatic heterocycles. The topological polar surface area (TPSA) is 74.8 Å². The van der Waals surface area contributed by atoms with E-state index in [0.29, 0.717) is 31.8 Å². The van der Waals surface area contributed by atoms with Gasteiger partial charge in [-0.15, -0.1) is 0 Å². The smallest absolute Gasteiger partial charge is 0.322 e. The normalized spacial score (nSPS) is 13.7. The molecule has 30 heavy (non-hydrogen) atoms. The van der Waals surface area contributed by atoms with Gasteiger partial charge in [-0.2, -0.15) is 11.8 Å². The van der Waals surface area contributed by atoms with Gasteiger partial charge in [0.05, 0.1) is 13.0 Å². The molecule has 0 radical (unpaired) electrons. The SMILES string of the molecule is COCCN(Cc1cccnc1)C(=O)Nc1ccc(CC(=O)N2CCSCC2)cc1. The van der Waals surface area contributed by atoms with E-state index in [1.807, 2.05) is 53.1 Å². The fraction of sp³-hybridized carbons (Fsp3) is 0.409. The molecular formula is C22H28N4O3S. The van der Waals surface area contributed by atoms with Crippen molar-refractivity contribution in [2.45, 2.75) is 13.0 Å². The minimum absolute atomic E-state index is 0.161. The Kier molecular flexibility index (Phi) is 8.53. The molecule has 1 N–H and O–H groups in total. The summed E-state index contributed by atoms with van der Waals surface area (Å²) in [5, 5.41) is 2.93. The van der Waals surface area contributed by atoms with Crippen molar-refractivity contribution in [1.82, 2.24) is 14.8 Å². The standard InChI is InChI=1S/C22H28N4O3S/c1-29-12-9-26(17-19-3-2-8-23-16-19)22(28)24-20-6-4-18(5-7-20)15-21(27)25-10-13-30-14-11-25/h2-8,16H,9-15,17H2,1H3,(H,24,28). The third kappa shape index (κ3) is 6.74. The van der Waals surface area contributed by atoms with Crippen LogP contribution in [0.4, 0.5) is 10.5 Å². The number of pyridine rings is 1. The Bertz CT molecular complexity index is 811. The van der Waals surface area contributed by atoms with Crippen LogP contribution in [0.5, 0.6) is 0 Å². The first-order chi connectivity index (χ1) is 14.7. The molecule has 1 saturated heterocycles. The second kappa shape index (κ2) is 11.6. The number of aromatic nitrogens is 1. The lowest BCUT2D eigenvalue weighted by Gasteiger charge is -2.26. The number of urea groups is 1. The molecular weight excluding hydrogens is 400 g/mol. The van der Waals surface area contributed by atoms with Crippen molar-refractivity contribution in [1.29, 1.82) is 0 Å². The van der Waals surface area contributed by atoms with E-state index in [2.05, 4.69) is 10.3 Å². The number of methoxy groups -OCH3 is 1. The Balaban J connectivity index is 1.56. The molecule has 3 amide bonds. The molecule has 1 aromatic carbocycles. The molecule has 2 aromatic rings. The first kappa shape index (κ1) is 22.1. The lowest BCUT2D eigenvalue weighted by atomic mass is 10.1. The molecule has 8 heteroatoms. The Hall–Kier alpha value is -2.58. The van der Waals surface area contributed by atoms with E-state index in [-0.39, 0.29) is 11.9 Å². The molecule has 0 aliphatic carbocycles. The number of hydrogen-bond donors (Lipinski definition) is 1. The number of rotatable bonds is 8. The van der Waals surface area contributed by atoms with Gasteiger partial charge in [-0.1, -0.05) is 18.2 Å². The average Bonchev–Trinajstić information content (AvgIpc) is 2.79. The van der Waals surface area contributed by atoms with Crippen LogP contribution >= 0.6 is 11.8 Å². The molecule has 3 rings (SSSR count). The van der Waals surface area contributed by atoms with Gasteiger partial charge in [0.25, 0.3) is 0 Å². The predicted octanol–water partition coefficient (Wildman–Crippen LogP) is 2.88. The summed E-state index contributed by atoms with van der Waals surface area (Å²) >= 11 is 1.89. The zero-order chi connectivity index (χ0) is 21.2. The van der Waals surface area contributed by atoms with E-state index in [9.17, 15) is 9.59 Å². The number of hydrogen-bond acceptors (Lipinski definition) is 5. The van der Waals surface area contributed by atoms with Crippen molar-refractivity contribution >= 4 is 29.4 Å². The van der Waals surface area contributed by atoms with Gasteiger partial charge in [0.15, 0.2) is 0 Å². The molecule has 0 atom stereocenters. The van der Waals surface area contributed by atoms with Crippen LogP contribution in [-0.2, 0) is 22.5 Å². The third-order valence-corrected chi connectivity index (χ3v) is 5.82. The van der Waals surface area contributed by atoms with Crippen molar-refractivity contribution < 1.29 is 14.3 Å². The second-order valence-corrected chi connectivity index (χ2v) is 8.30. The molecule has 1 aliphatic rings. The second-order valence-electron chi connectivity index (χ2n) is 7.07. The number of amides is 3. The Labute approximate surface area is 181 Å². The minimum atomic E-state index is -0.203. The van der Waals surface area contributed by atoms with Crippen LogP contribution in [0.1, 0.15) is 11.1 Å². The van der Waals surface area contributed by atoms with E-state index < -0.39 is 0 Å². The summed E-state index contributed by atoms with van der Waals surface area (Å²) in [6, 6.07) is 11.1. The molecule has 160 valence electrons. The van der Waals surface area contributed by atoms with Crippen molar-refractivity contribution in [3.05, 3.63) is 59.9 Å². The number of anilines is 1. The monoisotopic (exact) mass is 428 g/mol. The highest BCUT2D eigenvalue weighted by atomic mass is 32.2. The van der Waals surface area contributed by atoms with E-state index in [4.69, 9.17) is 4.74 Å². The van der Waals surface area contributed by atoms with Crippen LogP contribution in [-0.4, -0.2) is 71.6 Å². The van der Waals surface area contributed by atoms with Gasteiger partial charge in [0.2, 0.25) is 5.91 Å². The molecule has 7 nitrogen and oxygen atoms in total. The Morgan fingerprint density at radius 2 is 1.93 bits per heavy atom. The Morgan fingerprint density at radius 3 is 2.60 bits per heavy atom. The van der Waals surface area contributed by atoms with Crippen LogP contribution < -0.4 is 5.32 Å². The van der Waals surface area contributed by atoms with Crippen LogP contribution in [0.25, 0.3) is 0 Å². The van der Waals surface area contributed by atoms with Gasteiger partial charge in [-0.25, -0.2) is 4.79 Å². The van der Waals surface area contributed by atoms with Gasteiger partial charge in [0.1, 0.15) is 0 Å². The lowest BCUT2D eigenvalue weighted by molar-refractivity contribution is -0.130. The first-order valence-electron chi connectivity index (χ1n) is 10.0. The molecule has 2 heterocycles. The highest BCUT2D eigenvalue weighted by Gasteiger charge is 2.17. The molecule has 0 bridgehead atoms. The molecule has 1 fully saturated rings. The van der Waals surface area contributed by atoms with Gasteiger partial charge in [-0.3, -0.25) is 9.78 Å². The summed E-state index contributed by atoms with van der Waals surface area (Å²) in [6.07, 6.45) is 3.85. The number of nitrogens with zero attached hydrogens (tertiary/aromatic N) is 3. The summed E-state index contributed by atoms with van der Waals surface area (Å²) in [6.45, 7) is 3.02. The largest absolute Gasteiger partial charge is 0.383 e. The fourth-order valence-electron chi connectivity index (χ4n) is 3.17. The molecule has 1 aromatic heterocycles. The van der Waals surface area contributed by atoms with Crippen molar-refractivity contribution in [2.24, 2.45) is 0 Å². The van der Waals surface area contributed by atoms with E-state index in [1.54, 1.807) is 24.4 Å². The zero-order valence-electron chi connectivity index (χ0n) is 17.3. The minimum Gasteiger partial charge on any atom is -0.383 e.